The predicted molar refractivity (Wildman–Crippen MR) is 73.2 cm³/mol. The van der Waals surface area contributed by atoms with Crippen molar-refractivity contribution in [2.24, 2.45) is 5.73 Å². The lowest BCUT2D eigenvalue weighted by Gasteiger charge is -2.32. The van der Waals surface area contributed by atoms with Gasteiger partial charge < -0.3 is 5.73 Å². The number of hydrogen-bond acceptors (Lipinski definition) is 2. The van der Waals surface area contributed by atoms with Crippen LogP contribution in [0.15, 0.2) is 36.5 Å². The van der Waals surface area contributed by atoms with Crippen molar-refractivity contribution >= 4 is 0 Å². The SMILES string of the molecule is CC(N)(c1cc(F)cc(F)c1)C1CCc2cccnc21. The van der Waals surface area contributed by atoms with E-state index in [2.05, 4.69) is 4.98 Å². The zero-order chi connectivity index (χ0) is 14.3. The molecule has 4 heteroatoms. The summed E-state index contributed by atoms with van der Waals surface area (Å²) >= 11 is 0. The lowest BCUT2D eigenvalue weighted by atomic mass is 9.79. The van der Waals surface area contributed by atoms with E-state index in [0.717, 1.165) is 24.6 Å². The molecule has 0 saturated carbocycles. The van der Waals surface area contributed by atoms with Crippen LogP contribution in [0.25, 0.3) is 0 Å². The number of aromatic nitrogens is 1. The van der Waals surface area contributed by atoms with Gasteiger partial charge in [0, 0.05) is 29.4 Å². The van der Waals surface area contributed by atoms with Crippen molar-refractivity contribution < 1.29 is 8.78 Å². The van der Waals surface area contributed by atoms with E-state index in [-0.39, 0.29) is 5.92 Å². The van der Waals surface area contributed by atoms with Crippen LogP contribution in [0.4, 0.5) is 8.78 Å². The standard InChI is InChI=1S/C16H16F2N2/c1-16(19,11-7-12(17)9-13(18)8-11)14-5-4-10-3-2-6-20-15(10)14/h2-3,6-9,14H,4-5,19H2,1H3. The maximum atomic E-state index is 13.4. The first-order valence-electron chi connectivity index (χ1n) is 6.67. The molecule has 104 valence electrons. The molecule has 2 nitrogen and oxygen atoms in total. The summed E-state index contributed by atoms with van der Waals surface area (Å²) in [6.45, 7) is 1.82. The monoisotopic (exact) mass is 274 g/mol. The Labute approximate surface area is 116 Å². The Hall–Kier alpha value is -1.81. The van der Waals surface area contributed by atoms with Crippen molar-refractivity contribution in [3.8, 4) is 0 Å². The minimum absolute atomic E-state index is 0.0279. The van der Waals surface area contributed by atoms with Crippen molar-refractivity contribution in [2.45, 2.75) is 31.2 Å². The van der Waals surface area contributed by atoms with Gasteiger partial charge in [0.05, 0.1) is 0 Å². The van der Waals surface area contributed by atoms with E-state index in [9.17, 15) is 8.78 Å². The predicted octanol–water partition coefficient (Wildman–Crippen LogP) is 3.26. The Morgan fingerprint density at radius 3 is 2.65 bits per heavy atom. The summed E-state index contributed by atoms with van der Waals surface area (Å²) in [6, 6.07) is 7.41. The molecule has 0 spiro atoms. The minimum atomic E-state index is -0.845. The maximum Gasteiger partial charge on any atom is 0.126 e. The maximum absolute atomic E-state index is 13.4. The summed E-state index contributed by atoms with van der Waals surface area (Å²) in [4.78, 5) is 4.41. The van der Waals surface area contributed by atoms with Crippen molar-refractivity contribution in [2.75, 3.05) is 0 Å². The summed E-state index contributed by atoms with van der Waals surface area (Å²) < 4.78 is 26.9. The third-order valence-electron chi connectivity index (χ3n) is 4.17. The van der Waals surface area contributed by atoms with Crippen LogP contribution in [0.2, 0.25) is 0 Å². The van der Waals surface area contributed by atoms with Crippen LogP contribution in [0.3, 0.4) is 0 Å². The fourth-order valence-electron chi connectivity index (χ4n) is 3.06. The second-order valence-electron chi connectivity index (χ2n) is 5.58. The first-order valence-corrected chi connectivity index (χ1v) is 6.67. The number of benzene rings is 1. The van der Waals surface area contributed by atoms with Gasteiger partial charge in [0.15, 0.2) is 0 Å². The molecule has 1 aliphatic rings. The molecule has 0 fully saturated rings. The van der Waals surface area contributed by atoms with E-state index in [1.807, 2.05) is 19.1 Å². The molecule has 2 N–H and O–H groups in total. The van der Waals surface area contributed by atoms with Gasteiger partial charge in [-0.05, 0) is 49.1 Å². The second kappa shape index (κ2) is 4.63. The number of nitrogens with two attached hydrogens (primary N) is 1. The van der Waals surface area contributed by atoms with E-state index < -0.39 is 17.2 Å². The molecule has 1 aliphatic carbocycles. The Morgan fingerprint density at radius 2 is 1.95 bits per heavy atom. The van der Waals surface area contributed by atoms with E-state index in [1.165, 1.54) is 17.7 Å². The van der Waals surface area contributed by atoms with Gasteiger partial charge in [-0.25, -0.2) is 8.78 Å². The lowest BCUT2D eigenvalue weighted by Crippen LogP contribution is -2.39. The van der Waals surface area contributed by atoms with Crippen LogP contribution < -0.4 is 5.73 Å². The summed E-state index contributed by atoms with van der Waals surface area (Å²) in [6.07, 6.45) is 3.48. The highest BCUT2D eigenvalue weighted by Crippen LogP contribution is 2.43. The molecule has 0 amide bonds. The van der Waals surface area contributed by atoms with Crippen molar-refractivity contribution in [3.05, 3.63) is 65.0 Å². The Morgan fingerprint density at radius 1 is 1.25 bits per heavy atom. The number of pyridine rings is 1. The van der Waals surface area contributed by atoms with Crippen LogP contribution >= 0.6 is 0 Å². The third kappa shape index (κ3) is 2.10. The molecule has 0 aliphatic heterocycles. The highest BCUT2D eigenvalue weighted by atomic mass is 19.1. The molecular formula is C16H16F2N2. The van der Waals surface area contributed by atoms with Crippen molar-refractivity contribution in [1.82, 2.24) is 4.98 Å². The fraction of sp³-hybridized carbons (Fsp3) is 0.312. The average Bonchev–Trinajstić information content (AvgIpc) is 2.82. The molecule has 2 atom stereocenters. The highest BCUT2D eigenvalue weighted by molar-refractivity contribution is 5.36. The third-order valence-corrected chi connectivity index (χ3v) is 4.17. The average molecular weight is 274 g/mol. The molecular weight excluding hydrogens is 258 g/mol. The first-order chi connectivity index (χ1) is 9.48. The van der Waals surface area contributed by atoms with E-state index in [0.29, 0.717) is 5.56 Å². The second-order valence-corrected chi connectivity index (χ2v) is 5.58. The van der Waals surface area contributed by atoms with Crippen LogP contribution in [-0.2, 0) is 12.0 Å². The molecule has 1 aromatic carbocycles. The highest BCUT2D eigenvalue weighted by Gasteiger charge is 2.38. The van der Waals surface area contributed by atoms with Crippen LogP contribution in [0.1, 0.15) is 36.1 Å². The molecule has 0 saturated heterocycles. The van der Waals surface area contributed by atoms with Crippen LogP contribution in [-0.4, -0.2) is 4.98 Å². The zero-order valence-corrected chi connectivity index (χ0v) is 11.2. The minimum Gasteiger partial charge on any atom is -0.321 e. The summed E-state index contributed by atoms with van der Waals surface area (Å²) in [5.41, 5.74) is 8.17. The number of halogens is 2. The number of nitrogens with zero attached hydrogens (tertiary/aromatic N) is 1. The summed E-state index contributed by atoms with van der Waals surface area (Å²) in [7, 11) is 0. The van der Waals surface area contributed by atoms with Gasteiger partial charge in [0.1, 0.15) is 11.6 Å². The van der Waals surface area contributed by atoms with Gasteiger partial charge in [-0.2, -0.15) is 0 Å². The van der Waals surface area contributed by atoms with E-state index in [4.69, 9.17) is 5.73 Å². The molecule has 2 aromatic rings. The van der Waals surface area contributed by atoms with Gasteiger partial charge >= 0.3 is 0 Å². The van der Waals surface area contributed by atoms with Gasteiger partial charge in [-0.3, -0.25) is 4.98 Å². The Balaban J connectivity index is 2.05. The smallest absolute Gasteiger partial charge is 0.126 e. The van der Waals surface area contributed by atoms with Crippen LogP contribution in [0.5, 0.6) is 0 Å². The molecule has 1 heterocycles. The van der Waals surface area contributed by atoms with E-state index >= 15 is 0 Å². The van der Waals surface area contributed by atoms with Crippen LogP contribution in [0, 0.1) is 11.6 Å². The van der Waals surface area contributed by atoms with Gasteiger partial charge in [-0.15, -0.1) is 0 Å². The normalized spacial score (nSPS) is 20.5. The van der Waals surface area contributed by atoms with Gasteiger partial charge in [0.2, 0.25) is 0 Å². The number of hydrogen-bond donors (Lipinski definition) is 1. The number of fused-ring (bicyclic) bond motifs is 1. The number of aryl methyl sites for hydroxylation is 1. The Kier molecular flexibility index (Phi) is 3.05. The molecule has 2 unspecified atom stereocenters. The van der Waals surface area contributed by atoms with Gasteiger partial charge in [-0.1, -0.05) is 6.07 Å². The van der Waals surface area contributed by atoms with E-state index in [1.54, 1.807) is 6.20 Å². The molecule has 1 aromatic heterocycles. The fourth-order valence-corrected chi connectivity index (χ4v) is 3.06. The summed E-state index contributed by atoms with van der Waals surface area (Å²) in [5.74, 6) is -1.23. The number of rotatable bonds is 2. The lowest BCUT2D eigenvalue weighted by molar-refractivity contribution is 0.377. The van der Waals surface area contributed by atoms with Gasteiger partial charge in [0.25, 0.3) is 0 Å². The largest absolute Gasteiger partial charge is 0.321 e. The summed E-state index contributed by atoms with van der Waals surface area (Å²) in [5, 5.41) is 0. The van der Waals surface area contributed by atoms with Crippen molar-refractivity contribution in [3.63, 3.8) is 0 Å². The molecule has 0 radical (unpaired) electrons. The topological polar surface area (TPSA) is 38.9 Å². The zero-order valence-electron chi connectivity index (χ0n) is 11.2. The molecule has 20 heavy (non-hydrogen) atoms. The molecule has 3 rings (SSSR count). The quantitative estimate of drug-likeness (QED) is 0.913. The van der Waals surface area contributed by atoms with Crippen molar-refractivity contribution in [1.29, 1.82) is 0 Å². The molecule has 0 bridgehead atoms. The first kappa shape index (κ1) is 13.2. The Bertz CT molecular complexity index is 632.